The van der Waals surface area contributed by atoms with Crippen molar-refractivity contribution in [2.24, 2.45) is 0 Å². The van der Waals surface area contributed by atoms with Crippen molar-refractivity contribution in [3.05, 3.63) is 42.5 Å². The van der Waals surface area contributed by atoms with E-state index >= 15 is 0 Å². The Balaban J connectivity index is 1.55. The third kappa shape index (κ3) is 3.88. The van der Waals surface area contributed by atoms with Crippen LogP contribution in [0.3, 0.4) is 0 Å². The van der Waals surface area contributed by atoms with E-state index in [1.807, 2.05) is 6.07 Å². The van der Waals surface area contributed by atoms with Crippen LogP contribution >= 0.6 is 0 Å². The highest BCUT2D eigenvalue weighted by atomic mass is 32.2. The van der Waals surface area contributed by atoms with Gasteiger partial charge in [-0.15, -0.1) is 0 Å². The zero-order valence-electron chi connectivity index (χ0n) is 16.0. The van der Waals surface area contributed by atoms with Gasteiger partial charge in [0.2, 0.25) is 16.1 Å². The monoisotopic (exact) mass is 418 g/mol. The van der Waals surface area contributed by atoms with Crippen LogP contribution in [0, 0.1) is 0 Å². The topological polar surface area (TPSA) is 94.2 Å². The molecule has 0 aliphatic carbocycles. The summed E-state index contributed by atoms with van der Waals surface area (Å²) in [6.45, 7) is 1.06. The number of fused-ring (bicyclic) bond motifs is 1. The molecule has 0 unspecified atom stereocenters. The zero-order chi connectivity index (χ0) is 20.4. The largest absolute Gasteiger partial charge is 0.495 e. The number of anilines is 1. The molecule has 1 N–H and O–H groups in total. The van der Waals surface area contributed by atoms with Gasteiger partial charge in [0.05, 0.1) is 17.7 Å². The molecule has 0 spiro atoms. The van der Waals surface area contributed by atoms with Gasteiger partial charge in [-0.1, -0.05) is 12.1 Å². The Kier molecular flexibility index (Phi) is 5.33. The third-order valence-electron chi connectivity index (χ3n) is 4.93. The number of methoxy groups -OCH3 is 1. The first-order valence-electron chi connectivity index (χ1n) is 9.36. The van der Waals surface area contributed by atoms with Crippen LogP contribution in [-0.2, 0) is 14.8 Å². The number of carbonyl (C=O) groups excluding carboxylic acids is 1. The molecule has 2 aromatic rings. The molecule has 2 aromatic carbocycles. The molecule has 0 bridgehead atoms. The van der Waals surface area contributed by atoms with Gasteiger partial charge in [-0.25, -0.2) is 8.42 Å². The van der Waals surface area contributed by atoms with Crippen molar-refractivity contribution in [1.29, 1.82) is 0 Å². The molecule has 4 rings (SSSR count). The van der Waals surface area contributed by atoms with E-state index in [2.05, 4.69) is 5.32 Å². The Labute approximate surface area is 169 Å². The van der Waals surface area contributed by atoms with Crippen LogP contribution in [-0.4, -0.2) is 51.5 Å². The van der Waals surface area contributed by atoms with Crippen molar-refractivity contribution in [3.63, 3.8) is 0 Å². The summed E-state index contributed by atoms with van der Waals surface area (Å²) >= 11 is 0. The maximum Gasteiger partial charge on any atom is 0.269 e. The Morgan fingerprint density at radius 2 is 1.86 bits per heavy atom. The molecule has 1 amide bonds. The summed E-state index contributed by atoms with van der Waals surface area (Å²) in [5.74, 6) is 0.966. The predicted octanol–water partition coefficient (Wildman–Crippen LogP) is 2.26. The fraction of sp³-hybridized carbons (Fsp3) is 0.350. The molecule has 1 fully saturated rings. The summed E-state index contributed by atoms with van der Waals surface area (Å²) in [4.78, 5) is 12.8. The van der Waals surface area contributed by atoms with Gasteiger partial charge in [-0.2, -0.15) is 4.31 Å². The molecule has 0 saturated carbocycles. The molecule has 0 radical (unpaired) electrons. The number of benzene rings is 2. The molecular formula is C20H22N2O6S. The van der Waals surface area contributed by atoms with E-state index in [9.17, 15) is 13.2 Å². The van der Waals surface area contributed by atoms with Gasteiger partial charge >= 0.3 is 0 Å². The lowest BCUT2D eigenvalue weighted by atomic mass is 10.2. The quantitative estimate of drug-likeness (QED) is 0.801. The number of amides is 1. The van der Waals surface area contributed by atoms with Crippen molar-refractivity contribution in [3.8, 4) is 17.2 Å². The molecule has 2 heterocycles. The highest BCUT2D eigenvalue weighted by molar-refractivity contribution is 7.89. The Hall–Kier alpha value is -2.78. The molecular weight excluding hydrogens is 396 g/mol. The number of hydrogen-bond donors (Lipinski definition) is 1. The first-order valence-corrected chi connectivity index (χ1v) is 10.8. The van der Waals surface area contributed by atoms with E-state index in [0.717, 1.165) is 12.8 Å². The number of sulfonamides is 1. The molecule has 0 aromatic heterocycles. The van der Waals surface area contributed by atoms with E-state index < -0.39 is 22.0 Å². The predicted molar refractivity (Wildman–Crippen MR) is 106 cm³/mol. The van der Waals surface area contributed by atoms with Gasteiger partial charge in [0, 0.05) is 13.1 Å². The van der Waals surface area contributed by atoms with E-state index in [4.69, 9.17) is 14.2 Å². The molecule has 29 heavy (non-hydrogen) atoms. The van der Waals surface area contributed by atoms with Crippen molar-refractivity contribution >= 4 is 21.6 Å². The minimum atomic E-state index is -3.62. The molecule has 1 atom stereocenters. The van der Waals surface area contributed by atoms with Gasteiger partial charge in [-0.05, 0) is 43.2 Å². The second-order valence-electron chi connectivity index (χ2n) is 6.83. The minimum absolute atomic E-state index is 0.0525. The van der Waals surface area contributed by atoms with Gasteiger partial charge in [0.15, 0.2) is 11.5 Å². The van der Waals surface area contributed by atoms with Crippen LogP contribution < -0.4 is 19.5 Å². The fourth-order valence-corrected chi connectivity index (χ4v) is 4.93. The summed E-state index contributed by atoms with van der Waals surface area (Å²) in [5, 5.41) is 2.71. The van der Waals surface area contributed by atoms with E-state index in [-0.39, 0.29) is 17.2 Å². The number of para-hydroxylation sites is 2. The maximum atomic E-state index is 12.8. The summed E-state index contributed by atoms with van der Waals surface area (Å²) in [7, 11) is -2.16. The number of hydrogen-bond acceptors (Lipinski definition) is 6. The lowest BCUT2D eigenvalue weighted by molar-refractivity contribution is -0.125. The maximum absolute atomic E-state index is 12.8. The number of nitrogens with one attached hydrogen (secondary N) is 1. The molecule has 9 heteroatoms. The molecule has 2 aliphatic rings. The van der Waals surface area contributed by atoms with Gasteiger partial charge in [0.1, 0.15) is 12.4 Å². The fourth-order valence-electron chi connectivity index (χ4n) is 3.38. The highest BCUT2D eigenvalue weighted by Crippen LogP contribution is 2.33. The van der Waals surface area contributed by atoms with Crippen molar-refractivity contribution in [1.82, 2.24) is 4.31 Å². The second-order valence-corrected chi connectivity index (χ2v) is 8.76. The van der Waals surface area contributed by atoms with E-state index in [0.29, 0.717) is 30.3 Å². The van der Waals surface area contributed by atoms with Crippen molar-refractivity contribution in [2.75, 3.05) is 32.1 Å². The first-order chi connectivity index (χ1) is 14.0. The second kappa shape index (κ2) is 7.92. The van der Waals surface area contributed by atoms with Crippen LogP contribution in [0.2, 0.25) is 0 Å². The summed E-state index contributed by atoms with van der Waals surface area (Å²) < 4.78 is 43.7. The van der Waals surface area contributed by atoms with Crippen LogP contribution in [0.4, 0.5) is 5.69 Å². The molecule has 2 aliphatic heterocycles. The van der Waals surface area contributed by atoms with Crippen LogP contribution in [0.15, 0.2) is 47.4 Å². The first kappa shape index (κ1) is 19.5. The highest BCUT2D eigenvalue weighted by Gasteiger charge is 2.30. The number of rotatable bonds is 5. The smallest absolute Gasteiger partial charge is 0.269 e. The van der Waals surface area contributed by atoms with Crippen LogP contribution in [0.5, 0.6) is 17.2 Å². The van der Waals surface area contributed by atoms with Crippen molar-refractivity contribution < 1.29 is 27.4 Å². The molecule has 1 saturated heterocycles. The summed E-state index contributed by atoms with van der Waals surface area (Å²) in [5.41, 5.74) is 0.264. The Bertz CT molecular complexity index is 1020. The minimum Gasteiger partial charge on any atom is -0.495 e. The average Bonchev–Trinajstić information content (AvgIpc) is 3.29. The lowest BCUT2D eigenvalue weighted by Gasteiger charge is -2.26. The average molecular weight is 418 g/mol. The third-order valence-corrected chi connectivity index (χ3v) is 6.83. The molecule has 8 nitrogen and oxygen atoms in total. The number of nitrogens with zero attached hydrogens (tertiary/aromatic N) is 1. The number of ether oxygens (including phenoxy) is 3. The van der Waals surface area contributed by atoms with E-state index in [1.165, 1.54) is 29.6 Å². The summed E-state index contributed by atoms with van der Waals surface area (Å²) in [6.07, 6.45) is 0.826. The van der Waals surface area contributed by atoms with Crippen LogP contribution in [0.1, 0.15) is 12.8 Å². The van der Waals surface area contributed by atoms with Gasteiger partial charge < -0.3 is 19.5 Å². The lowest BCUT2D eigenvalue weighted by Crippen LogP contribution is -2.40. The summed E-state index contributed by atoms with van der Waals surface area (Å²) in [6, 6.07) is 11.5. The van der Waals surface area contributed by atoms with Crippen LogP contribution in [0.25, 0.3) is 0 Å². The normalized spacial score (nSPS) is 19.0. The Morgan fingerprint density at radius 3 is 2.59 bits per heavy atom. The van der Waals surface area contributed by atoms with Gasteiger partial charge in [0.25, 0.3) is 5.91 Å². The Morgan fingerprint density at radius 1 is 1.14 bits per heavy atom. The van der Waals surface area contributed by atoms with E-state index in [1.54, 1.807) is 18.2 Å². The number of carbonyl (C=O) groups is 1. The molecule has 154 valence electrons. The van der Waals surface area contributed by atoms with Gasteiger partial charge in [-0.3, -0.25) is 4.79 Å². The standard InChI is InChI=1S/C20H22N2O6S/c1-26-16-9-8-14(29(24,25)22-10-4-5-11-22)12-15(16)21-20(23)19-13-27-17-6-2-3-7-18(17)28-19/h2-3,6-9,12,19H,4-5,10-11,13H2,1H3,(H,21,23)/t19-/m1/s1. The van der Waals surface area contributed by atoms with Crippen molar-refractivity contribution in [2.45, 2.75) is 23.8 Å². The SMILES string of the molecule is COc1ccc(S(=O)(=O)N2CCCC2)cc1NC(=O)[C@H]1COc2ccccc2O1. The zero-order valence-corrected chi connectivity index (χ0v) is 16.8.